The van der Waals surface area contributed by atoms with Gasteiger partial charge in [0.2, 0.25) is 5.91 Å². The van der Waals surface area contributed by atoms with Crippen LogP contribution < -0.4 is 10.6 Å². The molecule has 2 atom stereocenters. The Morgan fingerprint density at radius 3 is 2.44 bits per heavy atom. The van der Waals surface area contributed by atoms with Crippen LogP contribution >= 0.6 is 0 Å². The van der Waals surface area contributed by atoms with E-state index in [9.17, 15) is 4.79 Å². The van der Waals surface area contributed by atoms with Crippen LogP contribution in [0.4, 0.5) is 0 Å². The lowest BCUT2D eigenvalue weighted by Gasteiger charge is -2.31. The molecule has 2 N–H and O–H groups in total. The van der Waals surface area contributed by atoms with Crippen molar-refractivity contribution < 1.29 is 9.21 Å². The Bertz CT molecular complexity index is 720. The number of rotatable bonds is 9. The van der Waals surface area contributed by atoms with E-state index in [-0.39, 0.29) is 18.0 Å². The number of nitrogens with one attached hydrogen (secondary N) is 2. The average molecular weight is 369 g/mol. The van der Waals surface area contributed by atoms with Crippen molar-refractivity contribution in [1.82, 2.24) is 10.6 Å². The van der Waals surface area contributed by atoms with E-state index in [0.29, 0.717) is 6.54 Å². The second-order valence-electron chi connectivity index (χ2n) is 7.48. The molecule has 1 aromatic heterocycles. The van der Waals surface area contributed by atoms with Crippen LogP contribution in [0.25, 0.3) is 0 Å². The molecule has 0 bridgehead atoms. The Balaban J connectivity index is 1.42. The maximum atomic E-state index is 11.7. The summed E-state index contributed by atoms with van der Waals surface area (Å²) in [6.45, 7) is 4.71. The third kappa shape index (κ3) is 5.46. The SMILES string of the molecule is CCc1ccc(CCCCCc2ccc([C@@H]3NC(=O)CN[C@H]3CC)o2)cc1. The molecular weight excluding hydrogens is 336 g/mol. The van der Waals surface area contributed by atoms with Crippen LogP contribution in [0.3, 0.4) is 0 Å². The van der Waals surface area contributed by atoms with Crippen molar-refractivity contribution in [2.75, 3.05) is 6.54 Å². The van der Waals surface area contributed by atoms with Gasteiger partial charge >= 0.3 is 0 Å². The summed E-state index contributed by atoms with van der Waals surface area (Å²) < 4.78 is 6.04. The lowest BCUT2D eigenvalue weighted by Crippen LogP contribution is -2.53. The number of hydrogen-bond donors (Lipinski definition) is 2. The van der Waals surface area contributed by atoms with Crippen molar-refractivity contribution in [3.8, 4) is 0 Å². The smallest absolute Gasteiger partial charge is 0.234 e. The second kappa shape index (κ2) is 9.75. The molecule has 1 amide bonds. The number of carbonyl (C=O) groups is 1. The van der Waals surface area contributed by atoms with Crippen LogP contribution in [-0.4, -0.2) is 18.5 Å². The summed E-state index contributed by atoms with van der Waals surface area (Å²) in [5, 5.41) is 6.34. The number of hydrogen-bond acceptors (Lipinski definition) is 3. The van der Waals surface area contributed by atoms with Gasteiger partial charge in [-0.25, -0.2) is 0 Å². The molecule has 1 saturated heterocycles. The van der Waals surface area contributed by atoms with E-state index >= 15 is 0 Å². The molecule has 1 aliphatic rings. The molecule has 4 heteroatoms. The molecule has 1 fully saturated rings. The monoisotopic (exact) mass is 368 g/mol. The fourth-order valence-corrected chi connectivity index (χ4v) is 3.76. The van der Waals surface area contributed by atoms with Crippen LogP contribution in [-0.2, 0) is 24.1 Å². The summed E-state index contributed by atoms with van der Waals surface area (Å²) >= 11 is 0. The predicted octanol–water partition coefficient (Wildman–Crippen LogP) is 4.34. The number of amides is 1. The first-order chi connectivity index (χ1) is 13.2. The Kier molecular flexibility index (Phi) is 7.11. The van der Waals surface area contributed by atoms with E-state index in [1.807, 2.05) is 6.07 Å². The van der Waals surface area contributed by atoms with Gasteiger partial charge in [-0.15, -0.1) is 0 Å². The Morgan fingerprint density at radius 2 is 1.70 bits per heavy atom. The van der Waals surface area contributed by atoms with Gasteiger partial charge in [0.05, 0.1) is 6.54 Å². The van der Waals surface area contributed by atoms with Crippen LogP contribution in [0.1, 0.15) is 68.2 Å². The van der Waals surface area contributed by atoms with E-state index < -0.39 is 0 Å². The van der Waals surface area contributed by atoms with E-state index in [2.05, 4.69) is 54.8 Å². The zero-order valence-corrected chi connectivity index (χ0v) is 16.6. The van der Waals surface area contributed by atoms with Crippen molar-refractivity contribution in [1.29, 1.82) is 0 Å². The van der Waals surface area contributed by atoms with Crippen molar-refractivity contribution in [3.05, 3.63) is 59.0 Å². The second-order valence-corrected chi connectivity index (χ2v) is 7.48. The molecule has 2 aromatic rings. The Labute approximate surface area is 162 Å². The Hall–Kier alpha value is -2.07. The highest BCUT2D eigenvalue weighted by Gasteiger charge is 2.30. The molecular formula is C23H32N2O2. The fourth-order valence-electron chi connectivity index (χ4n) is 3.76. The van der Waals surface area contributed by atoms with Gasteiger partial charge in [-0.3, -0.25) is 4.79 Å². The molecule has 0 spiro atoms. The summed E-state index contributed by atoms with van der Waals surface area (Å²) in [4.78, 5) is 11.7. The summed E-state index contributed by atoms with van der Waals surface area (Å²) in [5.74, 6) is 1.93. The standard InChI is InChI=1S/C23H32N2O2/c1-3-17-10-12-18(13-11-17)8-6-5-7-9-19-14-15-21(27-19)23-20(4-2)24-16-22(26)25-23/h10-15,20,23-24H,3-9,16H2,1-2H3,(H,25,26)/t20-,23+/m0/s1. The molecule has 1 aliphatic heterocycles. The maximum absolute atomic E-state index is 11.7. The van der Waals surface area contributed by atoms with Gasteiger partial charge in [-0.05, 0) is 55.4 Å². The number of benzene rings is 1. The molecule has 0 aliphatic carbocycles. The topological polar surface area (TPSA) is 54.3 Å². The zero-order chi connectivity index (χ0) is 19.1. The summed E-state index contributed by atoms with van der Waals surface area (Å²) in [6, 6.07) is 13.3. The van der Waals surface area contributed by atoms with Gasteiger partial charge in [0.1, 0.15) is 17.6 Å². The number of carbonyl (C=O) groups excluding carboxylic acids is 1. The van der Waals surface area contributed by atoms with E-state index in [1.54, 1.807) is 0 Å². The lowest BCUT2D eigenvalue weighted by atomic mass is 10.0. The molecule has 0 radical (unpaired) electrons. The van der Waals surface area contributed by atoms with E-state index in [0.717, 1.165) is 43.6 Å². The molecule has 2 heterocycles. The van der Waals surface area contributed by atoms with Crippen LogP contribution in [0.2, 0.25) is 0 Å². The summed E-state index contributed by atoms with van der Waals surface area (Å²) in [6.07, 6.45) is 7.70. The highest BCUT2D eigenvalue weighted by molar-refractivity contribution is 5.79. The van der Waals surface area contributed by atoms with Crippen LogP contribution in [0.15, 0.2) is 40.8 Å². The van der Waals surface area contributed by atoms with E-state index in [1.165, 1.54) is 24.0 Å². The third-order valence-corrected chi connectivity index (χ3v) is 5.49. The van der Waals surface area contributed by atoms with Crippen molar-refractivity contribution in [2.24, 2.45) is 0 Å². The summed E-state index contributed by atoms with van der Waals surface area (Å²) in [5.41, 5.74) is 2.83. The van der Waals surface area contributed by atoms with Gasteiger partial charge in [0, 0.05) is 12.5 Å². The quantitative estimate of drug-likeness (QED) is 0.648. The first-order valence-corrected chi connectivity index (χ1v) is 10.4. The lowest BCUT2D eigenvalue weighted by molar-refractivity contribution is -0.123. The zero-order valence-electron chi connectivity index (χ0n) is 16.6. The minimum atomic E-state index is -0.0592. The van der Waals surface area contributed by atoms with Gasteiger partial charge in [0.15, 0.2) is 0 Å². The Morgan fingerprint density at radius 1 is 0.963 bits per heavy atom. The van der Waals surface area contributed by atoms with Crippen LogP contribution in [0.5, 0.6) is 0 Å². The molecule has 4 nitrogen and oxygen atoms in total. The van der Waals surface area contributed by atoms with Gasteiger partial charge in [-0.2, -0.15) is 0 Å². The first kappa shape index (κ1) is 19.7. The van der Waals surface area contributed by atoms with Crippen LogP contribution in [0, 0.1) is 0 Å². The third-order valence-electron chi connectivity index (χ3n) is 5.49. The fraction of sp³-hybridized carbons (Fsp3) is 0.522. The maximum Gasteiger partial charge on any atom is 0.234 e. The number of unbranched alkanes of at least 4 members (excludes halogenated alkanes) is 2. The molecule has 0 saturated carbocycles. The molecule has 3 rings (SSSR count). The molecule has 1 aromatic carbocycles. The largest absolute Gasteiger partial charge is 0.464 e. The van der Waals surface area contributed by atoms with E-state index in [4.69, 9.17) is 4.42 Å². The van der Waals surface area contributed by atoms with Crippen molar-refractivity contribution >= 4 is 5.91 Å². The predicted molar refractivity (Wildman–Crippen MR) is 109 cm³/mol. The summed E-state index contributed by atoms with van der Waals surface area (Å²) in [7, 11) is 0. The highest BCUT2D eigenvalue weighted by atomic mass is 16.3. The van der Waals surface area contributed by atoms with Crippen molar-refractivity contribution in [3.63, 3.8) is 0 Å². The minimum absolute atomic E-state index is 0.0367. The highest BCUT2D eigenvalue weighted by Crippen LogP contribution is 2.24. The number of piperazine rings is 1. The molecule has 27 heavy (non-hydrogen) atoms. The van der Waals surface area contributed by atoms with Crippen molar-refractivity contribution in [2.45, 2.75) is 70.9 Å². The average Bonchev–Trinajstić information content (AvgIpc) is 3.17. The number of aryl methyl sites for hydroxylation is 3. The van der Waals surface area contributed by atoms with Gasteiger partial charge < -0.3 is 15.1 Å². The van der Waals surface area contributed by atoms with Gasteiger partial charge in [-0.1, -0.05) is 44.5 Å². The number of furan rings is 1. The molecule has 146 valence electrons. The molecule has 0 unspecified atom stereocenters. The normalized spacial score (nSPS) is 19.9. The minimum Gasteiger partial charge on any atom is -0.464 e. The van der Waals surface area contributed by atoms with Gasteiger partial charge in [0.25, 0.3) is 0 Å². The first-order valence-electron chi connectivity index (χ1n) is 10.4.